The predicted molar refractivity (Wildman–Crippen MR) is 77.8 cm³/mol. The molecule has 0 aromatic heterocycles. The summed E-state index contributed by atoms with van der Waals surface area (Å²) in [5.41, 5.74) is -1.13. The van der Waals surface area contributed by atoms with E-state index in [9.17, 15) is 19.8 Å². The van der Waals surface area contributed by atoms with E-state index in [1.54, 1.807) is 44.2 Å². The lowest BCUT2D eigenvalue weighted by Gasteiger charge is -2.31. The Morgan fingerprint density at radius 1 is 1.05 bits per heavy atom. The van der Waals surface area contributed by atoms with Crippen molar-refractivity contribution >= 4 is 11.9 Å². The number of aliphatic hydroxyl groups is 1. The second-order valence-electron chi connectivity index (χ2n) is 4.77. The molecule has 3 N–H and O–H groups in total. The van der Waals surface area contributed by atoms with E-state index in [0.717, 1.165) is 0 Å². The molecule has 1 atom stereocenters. The van der Waals surface area contributed by atoms with E-state index in [2.05, 4.69) is 0 Å². The van der Waals surface area contributed by atoms with Gasteiger partial charge in [-0.2, -0.15) is 0 Å². The van der Waals surface area contributed by atoms with Crippen molar-refractivity contribution in [1.29, 1.82) is 0 Å². The summed E-state index contributed by atoms with van der Waals surface area (Å²) < 4.78 is 0. The average molecular weight is 292 g/mol. The minimum Gasteiger partial charge on any atom is -0.481 e. The topological polar surface area (TPSA) is 94.8 Å². The highest BCUT2D eigenvalue weighted by Crippen LogP contribution is 2.37. The van der Waals surface area contributed by atoms with Gasteiger partial charge >= 0.3 is 11.9 Å². The minimum absolute atomic E-state index is 0.0603. The summed E-state index contributed by atoms with van der Waals surface area (Å²) in [7, 11) is 0. The molecule has 0 heterocycles. The van der Waals surface area contributed by atoms with Crippen LogP contribution in [0.15, 0.2) is 41.5 Å². The molecule has 114 valence electrons. The second-order valence-corrected chi connectivity index (χ2v) is 4.77. The zero-order chi connectivity index (χ0) is 16.0. The lowest BCUT2D eigenvalue weighted by molar-refractivity contribution is -0.142. The van der Waals surface area contributed by atoms with Crippen LogP contribution < -0.4 is 0 Å². The molecule has 0 radical (unpaired) electrons. The fourth-order valence-corrected chi connectivity index (χ4v) is 2.56. The third-order valence-corrected chi connectivity index (χ3v) is 3.49. The van der Waals surface area contributed by atoms with Gasteiger partial charge in [0.1, 0.15) is 5.60 Å². The molecule has 0 aliphatic carbocycles. The molecule has 0 saturated heterocycles. The largest absolute Gasteiger partial charge is 0.481 e. The molecule has 1 unspecified atom stereocenters. The van der Waals surface area contributed by atoms with Crippen LogP contribution in [0.3, 0.4) is 0 Å². The average Bonchev–Trinajstić information content (AvgIpc) is 2.44. The first-order valence-corrected chi connectivity index (χ1v) is 6.82. The summed E-state index contributed by atoms with van der Waals surface area (Å²) in [5, 5.41) is 29.4. The number of benzene rings is 1. The van der Waals surface area contributed by atoms with E-state index >= 15 is 0 Å². The zero-order valence-electron chi connectivity index (χ0n) is 12.2. The maximum atomic E-state index is 11.4. The van der Waals surface area contributed by atoms with E-state index in [1.165, 1.54) is 0 Å². The third-order valence-electron chi connectivity index (χ3n) is 3.49. The fourth-order valence-electron chi connectivity index (χ4n) is 2.56. The Kier molecular flexibility index (Phi) is 5.67. The van der Waals surface area contributed by atoms with E-state index in [0.29, 0.717) is 5.56 Å². The first-order chi connectivity index (χ1) is 9.86. The lowest BCUT2D eigenvalue weighted by atomic mass is 9.79. The van der Waals surface area contributed by atoms with Crippen molar-refractivity contribution in [2.45, 2.75) is 38.7 Å². The van der Waals surface area contributed by atoms with E-state index in [-0.39, 0.29) is 24.0 Å². The summed E-state index contributed by atoms with van der Waals surface area (Å²) in [6, 6.07) is 8.32. The van der Waals surface area contributed by atoms with Crippen LogP contribution in [-0.2, 0) is 15.2 Å². The molecule has 1 rings (SSSR count). The molecule has 0 bridgehead atoms. The second kappa shape index (κ2) is 7.04. The molecule has 21 heavy (non-hydrogen) atoms. The van der Waals surface area contributed by atoms with Gasteiger partial charge in [0.2, 0.25) is 0 Å². The van der Waals surface area contributed by atoms with E-state index in [4.69, 9.17) is 5.11 Å². The molecule has 0 aliphatic rings. The number of carboxylic acid groups (broad SMARTS) is 2. The van der Waals surface area contributed by atoms with Gasteiger partial charge in [0.05, 0.1) is 6.42 Å². The van der Waals surface area contributed by atoms with Crippen molar-refractivity contribution in [1.82, 2.24) is 0 Å². The van der Waals surface area contributed by atoms with E-state index < -0.39 is 24.0 Å². The number of carbonyl (C=O) groups is 2. The van der Waals surface area contributed by atoms with Gasteiger partial charge in [-0.1, -0.05) is 44.2 Å². The lowest BCUT2D eigenvalue weighted by Crippen LogP contribution is -2.33. The monoisotopic (exact) mass is 292 g/mol. The Labute approximate surface area is 123 Å². The number of aliphatic carboxylic acids is 2. The highest BCUT2D eigenvalue weighted by molar-refractivity contribution is 5.88. The summed E-state index contributed by atoms with van der Waals surface area (Å²) in [4.78, 5) is 22.5. The summed E-state index contributed by atoms with van der Waals surface area (Å²) in [6.45, 7) is 3.38. The number of carboxylic acids is 2. The van der Waals surface area contributed by atoms with E-state index in [1.807, 2.05) is 0 Å². The Morgan fingerprint density at radius 2 is 1.62 bits per heavy atom. The first-order valence-electron chi connectivity index (χ1n) is 6.82. The number of rotatable bonds is 7. The third kappa shape index (κ3) is 3.70. The van der Waals surface area contributed by atoms with Crippen LogP contribution in [-0.4, -0.2) is 27.3 Å². The van der Waals surface area contributed by atoms with Gasteiger partial charge in [0, 0.05) is 5.57 Å². The van der Waals surface area contributed by atoms with Gasteiger partial charge in [0.25, 0.3) is 0 Å². The molecular formula is C16H20O5. The number of hydrogen-bond acceptors (Lipinski definition) is 3. The molecule has 0 aliphatic heterocycles. The first kappa shape index (κ1) is 16.9. The molecule has 0 spiro atoms. The molecule has 1 aromatic rings. The van der Waals surface area contributed by atoms with Gasteiger partial charge in [-0.3, -0.25) is 4.79 Å². The van der Waals surface area contributed by atoms with Crippen LogP contribution >= 0.6 is 0 Å². The van der Waals surface area contributed by atoms with Crippen molar-refractivity contribution in [3.63, 3.8) is 0 Å². The molecular weight excluding hydrogens is 272 g/mol. The Bertz CT molecular complexity index is 547. The van der Waals surface area contributed by atoms with Crippen LogP contribution in [0.1, 0.15) is 38.7 Å². The standard InChI is InChI=1S/C16H20O5/c1-3-12(15(19)20)13(4-2)16(21,10-14(17)18)11-8-6-5-7-9-11/h5-9,21H,3-4,10H2,1-2H3,(H,17,18)(H,19,20). The van der Waals surface area contributed by atoms with Crippen LogP contribution in [0, 0.1) is 0 Å². The molecule has 5 heteroatoms. The van der Waals surface area contributed by atoms with Crippen LogP contribution in [0.4, 0.5) is 0 Å². The summed E-state index contributed by atoms with van der Waals surface area (Å²) in [6.07, 6.45) is -0.0988. The highest BCUT2D eigenvalue weighted by atomic mass is 16.4. The van der Waals surface area contributed by atoms with Gasteiger partial charge in [0.15, 0.2) is 0 Å². The van der Waals surface area contributed by atoms with Crippen molar-refractivity contribution in [2.24, 2.45) is 0 Å². The van der Waals surface area contributed by atoms with Gasteiger partial charge < -0.3 is 15.3 Å². The van der Waals surface area contributed by atoms with Gasteiger partial charge in [-0.15, -0.1) is 0 Å². The van der Waals surface area contributed by atoms with Crippen molar-refractivity contribution in [2.75, 3.05) is 0 Å². The smallest absolute Gasteiger partial charge is 0.331 e. The quantitative estimate of drug-likeness (QED) is 0.671. The minimum atomic E-state index is -1.81. The summed E-state index contributed by atoms with van der Waals surface area (Å²) >= 11 is 0. The molecule has 5 nitrogen and oxygen atoms in total. The molecule has 0 saturated carbocycles. The van der Waals surface area contributed by atoms with Crippen LogP contribution in [0.5, 0.6) is 0 Å². The van der Waals surface area contributed by atoms with Gasteiger partial charge in [-0.05, 0) is 24.0 Å². The molecule has 0 fully saturated rings. The Hall–Kier alpha value is -2.14. The van der Waals surface area contributed by atoms with Gasteiger partial charge in [-0.25, -0.2) is 4.79 Å². The zero-order valence-corrected chi connectivity index (χ0v) is 12.2. The highest BCUT2D eigenvalue weighted by Gasteiger charge is 2.38. The van der Waals surface area contributed by atoms with Crippen molar-refractivity contribution < 1.29 is 24.9 Å². The fraction of sp³-hybridized carbons (Fsp3) is 0.375. The predicted octanol–water partition coefficient (Wildman–Crippen LogP) is 2.55. The van der Waals surface area contributed by atoms with Crippen molar-refractivity contribution in [3.8, 4) is 0 Å². The normalized spacial score (nSPS) is 15.0. The maximum Gasteiger partial charge on any atom is 0.331 e. The van der Waals surface area contributed by atoms with Crippen LogP contribution in [0.2, 0.25) is 0 Å². The Balaban J connectivity index is 3.56. The Morgan fingerprint density at radius 3 is 2.00 bits per heavy atom. The van der Waals surface area contributed by atoms with Crippen molar-refractivity contribution in [3.05, 3.63) is 47.0 Å². The molecule has 1 aromatic carbocycles. The summed E-state index contributed by atoms with van der Waals surface area (Å²) in [5.74, 6) is -2.32. The maximum absolute atomic E-state index is 11.4. The molecule has 0 amide bonds. The SMILES string of the molecule is CCC(C(=O)O)=C(CC)C(O)(CC(=O)O)c1ccccc1. The number of hydrogen-bond donors (Lipinski definition) is 3. The van der Waals surface area contributed by atoms with Crippen LogP contribution in [0.25, 0.3) is 0 Å².